The third-order valence-electron chi connectivity index (χ3n) is 5.68. The monoisotopic (exact) mass is 450 g/mol. The Morgan fingerprint density at radius 3 is 2.56 bits per heavy atom. The van der Waals surface area contributed by atoms with Gasteiger partial charge in [0, 0.05) is 19.1 Å². The van der Waals surface area contributed by atoms with E-state index >= 15 is 0 Å². The number of aryl methyl sites for hydroxylation is 2. The first kappa shape index (κ1) is 20.3. The van der Waals surface area contributed by atoms with Crippen molar-refractivity contribution in [2.75, 3.05) is 10.6 Å². The van der Waals surface area contributed by atoms with Crippen LogP contribution in [0.4, 0.5) is 11.8 Å². The lowest BCUT2D eigenvalue weighted by atomic mass is 10.2. The van der Waals surface area contributed by atoms with Crippen molar-refractivity contribution in [2.45, 2.75) is 38.3 Å². The maximum atomic E-state index is 12.8. The minimum absolute atomic E-state index is 0.252. The summed E-state index contributed by atoms with van der Waals surface area (Å²) in [4.78, 5) is 34.3. The zero-order valence-corrected chi connectivity index (χ0v) is 18.5. The topological polar surface area (TPSA) is 120 Å². The standard InChI is InChI=1S/C21H22N8O2S/c1-12-10-23-20(27-26-12)25-14-4-3-13(9-14)24-17-6-5-15(11-22-17)29-19(30)18-16(7-8-32-18)28(2)21(29)31/h5-8,10-11,13-14H,3-4,9H2,1-2H3,(H,22,24)(H,23,25,27)/t13-,14?/m0/s1. The molecule has 0 saturated heterocycles. The van der Waals surface area contributed by atoms with Crippen LogP contribution in [0.5, 0.6) is 0 Å². The fraction of sp³-hybridized carbons (Fsp3) is 0.333. The van der Waals surface area contributed by atoms with E-state index in [9.17, 15) is 9.59 Å². The van der Waals surface area contributed by atoms with Gasteiger partial charge < -0.3 is 10.6 Å². The number of fused-ring (bicyclic) bond motifs is 1. The number of thiophene rings is 1. The summed E-state index contributed by atoms with van der Waals surface area (Å²) in [6.07, 6.45) is 6.12. The Balaban J connectivity index is 1.29. The van der Waals surface area contributed by atoms with Crippen molar-refractivity contribution >= 4 is 33.3 Å². The molecule has 0 spiro atoms. The first-order valence-corrected chi connectivity index (χ1v) is 11.2. The minimum atomic E-state index is -0.388. The van der Waals surface area contributed by atoms with Gasteiger partial charge in [-0.2, -0.15) is 5.10 Å². The quantitative estimate of drug-likeness (QED) is 0.474. The van der Waals surface area contributed by atoms with E-state index < -0.39 is 0 Å². The molecule has 1 aliphatic carbocycles. The first-order valence-electron chi connectivity index (χ1n) is 10.3. The molecule has 1 fully saturated rings. The van der Waals surface area contributed by atoms with Gasteiger partial charge in [0.05, 0.1) is 29.3 Å². The van der Waals surface area contributed by atoms with Crippen molar-refractivity contribution < 1.29 is 0 Å². The second kappa shape index (κ2) is 8.15. The molecule has 2 N–H and O–H groups in total. The second-order valence-electron chi connectivity index (χ2n) is 7.94. The third-order valence-corrected chi connectivity index (χ3v) is 6.57. The summed E-state index contributed by atoms with van der Waals surface area (Å²) in [6, 6.07) is 5.84. The van der Waals surface area contributed by atoms with Crippen LogP contribution in [0.3, 0.4) is 0 Å². The highest BCUT2D eigenvalue weighted by molar-refractivity contribution is 7.17. The molecule has 5 rings (SSSR count). The van der Waals surface area contributed by atoms with Crippen LogP contribution >= 0.6 is 11.3 Å². The highest BCUT2D eigenvalue weighted by atomic mass is 32.1. The highest BCUT2D eigenvalue weighted by Gasteiger charge is 2.25. The second-order valence-corrected chi connectivity index (χ2v) is 8.85. The Labute approximate surface area is 187 Å². The number of hydrogen-bond donors (Lipinski definition) is 2. The number of rotatable bonds is 5. The van der Waals surface area contributed by atoms with Crippen LogP contribution in [0.1, 0.15) is 25.0 Å². The van der Waals surface area contributed by atoms with Gasteiger partial charge in [-0.1, -0.05) is 0 Å². The SMILES string of the molecule is Cc1cnc(NC2CC[C@H](Nc3ccc(-n4c(=O)c5sccc5n(C)c4=O)cn3)C2)nn1. The number of nitrogens with one attached hydrogen (secondary N) is 2. The largest absolute Gasteiger partial charge is 0.367 e. The lowest BCUT2D eigenvalue weighted by Gasteiger charge is -2.15. The summed E-state index contributed by atoms with van der Waals surface area (Å²) >= 11 is 1.33. The fourth-order valence-corrected chi connectivity index (χ4v) is 4.88. The molecular formula is C21H22N8O2S. The number of hydrogen-bond acceptors (Lipinski definition) is 9. The van der Waals surface area contributed by atoms with E-state index in [-0.39, 0.29) is 23.3 Å². The zero-order valence-electron chi connectivity index (χ0n) is 17.6. The molecule has 0 bridgehead atoms. The molecular weight excluding hydrogens is 428 g/mol. The maximum absolute atomic E-state index is 12.8. The molecule has 11 heteroatoms. The van der Waals surface area contributed by atoms with Gasteiger partial charge in [-0.05, 0) is 49.8 Å². The van der Waals surface area contributed by atoms with Gasteiger partial charge in [-0.25, -0.2) is 19.3 Å². The van der Waals surface area contributed by atoms with Crippen LogP contribution in [0.25, 0.3) is 15.9 Å². The van der Waals surface area contributed by atoms with Gasteiger partial charge in [0.2, 0.25) is 5.95 Å². The summed E-state index contributed by atoms with van der Waals surface area (Å²) < 4.78 is 3.20. The predicted octanol–water partition coefficient (Wildman–Crippen LogP) is 2.08. The minimum Gasteiger partial charge on any atom is -0.367 e. The van der Waals surface area contributed by atoms with Crippen molar-refractivity contribution in [3.8, 4) is 5.69 Å². The van der Waals surface area contributed by atoms with Crippen molar-refractivity contribution in [2.24, 2.45) is 7.05 Å². The van der Waals surface area contributed by atoms with Crippen molar-refractivity contribution in [3.05, 3.63) is 62.5 Å². The van der Waals surface area contributed by atoms with E-state index in [2.05, 4.69) is 30.8 Å². The van der Waals surface area contributed by atoms with Gasteiger partial charge in [0.25, 0.3) is 5.56 Å². The molecule has 0 radical (unpaired) electrons. The molecule has 0 aliphatic heterocycles. The smallest absolute Gasteiger partial charge is 0.335 e. The molecule has 1 unspecified atom stereocenters. The van der Waals surface area contributed by atoms with Gasteiger partial charge in [0.15, 0.2) is 0 Å². The van der Waals surface area contributed by atoms with Gasteiger partial charge >= 0.3 is 5.69 Å². The lowest BCUT2D eigenvalue weighted by molar-refractivity contribution is 0.712. The Morgan fingerprint density at radius 1 is 1.03 bits per heavy atom. The molecule has 0 amide bonds. The Kier molecular flexibility index (Phi) is 5.17. The van der Waals surface area contributed by atoms with Gasteiger partial charge in [-0.3, -0.25) is 9.36 Å². The summed E-state index contributed by atoms with van der Waals surface area (Å²) in [5, 5.41) is 16.7. The summed E-state index contributed by atoms with van der Waals surface area (Å²) in [7, 11) is 1.67. The third kappa shape index (κ3) is 3.75. The molecule has 1 saturated carbocycles. The highest BCUT2D eigenvalue weighted by Crippen LogP contribution is 2.24. The van der Waals surface area contributed by atoms with Crippen molar-refractivity contribution in [1.29, 1.82) is 0 Å². The molecule has 32 heavy (non-hydrogen) atoms. The van der Waals surface area contributed by atoms with E-state index in [4.69, 9.17) is 0 Å². The van der Waals surface area contributed by atoms with Gasteiger partial charge in [0.1, 0.15) is 10.5 Å². The zero-order chi connectivity index (χ0) is 22.2. The van der Waals surface area contributed by atoms with Crippen LogP contribution in [0.15, 0.2) is 45.6 Å². The number of nitrogens with zero attached hydrogens (tertiary/aromatic N) is 6. The number of pyridine rings is 1. The summed E-state index contributed by atoms with van der Waals surface area (Å²) in [6.45, 7) is 1.85. The number of anilines is 2. The molecule has 2 atom stereocenters. The predicted molar refractivity (Wildman–Crippen MR) is 124 cm³/mol. The van der Waals surface area contributed by atoms with Crippen LogP contribution < -0.4 is 21.9 Å². The van der Waals surface area contributed by atoms with Crippen LogP contribution in [0, 0.1) is 6.92 Å². The lowest BCUT2D eigenvalue weighted by Crippen LogP contribution is -2.37. The Hall–Kier alpha value is -3.60. The van der Waals surface area contributed by atoms with Crippen LogP contribution in [0.2, 0.25) is 0 Å². The molecule has 10 nitrogen and oxygen atoms in total. The average molecular weight is 451 g/mol. The van der Waals surface area contributed by atoms with Crippen molar-refractivity contribution in [3.63, 3.8) is 0 Å². The molecule has 0 aromatic carbocycles. The average Bonchev–Trinajstić information content (AvgIpc) is 3.45. The van der Waals surface area contributed by atoms with E-state index in [1.54, 1.807) is 37.6 Å². The van der Waals surface area contributed by atoms with Gasteiger partial charge in [-0.15, -0.1) is 16.4 Å². The summed E-state index contributed by atoms with van der Waals surface area (Å²) in [5.74, 6) is 1.24. The van der Waals surface area contributed by atoms with E-state index in [0.29, 0.717) is 27.7 Å². The van der Waals surface area contributed by atoms with Crippen molar-refractivity contribution in [1.82, 2.24) is 29.3 Å². The molecule has 4 aromatic rings. The first-order chi connectivity index (χ1) is 15.5. The fourth-order valence-electron chi connectivity index (χ4n) is 4.03. The Bertz CT molecular complexity index is 1370. The summed E-state index contributed by atoms with van der Waals surface area (Å²) in [5.41, 5.74) is 1.17. The Morgan fingerprint density at radius 2 is 1.84 bits per heavy atom. The number of aromatic nitrogens is 6. The maximum Gasteiger partial charge on any atom is 0.335 e. The van der Waals surface area contributed by atoms with E-state index in [1.807, 2.05) is 12.3 Å². The van der Waals surface area contributed by atoms with Crippen LogP contribution in [-0.4, -0.2) is 41.4 Å². The van der Waals surface area contributed by atoms with Crippen LogP contribution in [-0.2, 0) is 7.05 Å². The normalized spacial score (nSPS) is 18.2. The molecule has 4 heterocycles. The molecule has 164 valence electrons. The van der Waals surface area contributed by atoms with E-state index in [0.717, 1.165) is 25.0 Å². The molecule has 4 aromatic heterocycles. The molecule has 1 aliphatic rings. The van der Waals surface area contributed by atoms with E-state index in [1.165, 1.54) is 20.5 Å².